The highest BCUT2D eigenvalue weighted by Crippen LogP contribution is 2.34. The number of methoxy groups -OCH3 is 1. The lowest BCUT2D eigenvalue weighted by Gasteiger charge is -2.09. The van der Waals surface area contributed by atoms with Crippen molar-refractivity contribution in [3.05, 3.63) is 47.5 Å². The minimum absolute atomic E-state index is 0.280. The zero-order valence-corrected chi connectivity index (χ0v) is 9.33. The number of rotatable bonds is 2. The SMILES string of the molecule is COc1c(Cl)cncc1-c1ccc(F)cc1. The van der Waals surface area contributed by atoms with Crippen molar-refractivity contribution in [3.8, 4) is 16.9 Å². The maximum Gasteiger partial charge on any atom is 0.148 e. The average Bonchev–Trinajstić information content (AvgIpc) is 2.30. The molecule has 0 bridgehead atoms. The molecule has 0 saturated carbocycles. The lowest BCUT2D eigenvalue weighted by atomic mass is 10.1. The molecule has 1 aromatic heterocycles. The highest BCUT2D eigenvalue weighted by atomic mass is 35.5. The molecule has 0 saturated heterocycles. The van der Waals surface area contributed by atoms with Crippen LogP contribution < -0.4 is 4.74 Å². The normalized spacial score (nSPS) is 10.2. The maximum atomic E-state index is 12.8. The van der Waals surface area contributed by atoms with Crippen LogP contribution in [0.1, 0.15) is 0 Å². The van der Waals surface area contributed by atoms with Crippen LogP contribution in [0.3, 0.4) is 0 Å². The first-order valence-corrected chi connectivity index (χ1v) is 5.03. The molecule has 2 nitrogen and oxygen atoms in total. The van der Waals surface area contributed by atoms with Gasteiger partial charge in [-0.1, -0.05) is 23.7 Å². The number of hydrogen-bond donors (Lipinski definition) is 0. The number of ether oxygens (including phenoxy) is 1. The standard InChI is InChI=1S/C12H9ClFNO/c1-16-12-10(6-15-7-11(12)13)8-2-4-9(14)5-3-8/h2-7H,1H3. The van der Waals surface area contributed by atoms with Gasteiger partial charge in [-0.2, -0.15) is 0 Å². The summed E-state index contributed by atoms with van der Waals surface area (Å²) in [6.07, 6.45) is 3.14. The van der Waals surface area contributed by atoms with Crippen LogP contribution >= 0.6 is 11.6 Å². The van der Waals surface area contributed by atoms with Crippen molar-refractivity contribution < 1.29 is 9.13 Å². The summed E-state index contributed by atoms with van der Waals surface area (Å²) in [6, 6.07) is 6.09. The molecule has 0 atom stereocenters. The van der Waals surface area contributed by atoms with Crippen molar-refractivity contribution in [2.75, 3.05) is 7.11 Å². The number of nitrogens with zero attached hydrogens (tertiary/aromatic N) is 1. The van der Waals surface area contributed by atoms with Gasteiger partial charge in [0.05, 0.1) is 7.11 Å². The van der Waals surface area contributed by atoms with Gasteiger partial charge in [-0.15, -0.1) is 0 Å². The molecule has 2 aromatic rings. The molecule has 0 N–H and O–H groups in total. The molecular weight excluding hydrogens is 229 g/mol. The van der Waals surface area contributed by atoms with E-state index < -0.39 is 0 Å². The fourth-order valence-electron chi connectivity index (χ4n) is 1.47. The molecule has 0 aliphatic carbocycles. The summed E-state index contributed by atoms with van der Waals surface area (Å²) in [5.74, 6) is 0.265. The van der Waals surface area contributed by atoms with Crippen LogP contribution in [0, 0.1) is 5.82 Å². The quantitative estimate of drug-likeness (QED) is 0.797. The zero-order valence-electron chi connectivity index (χ0n) is 8.58. The molecule has 0 spiro atoms. The van der Waals surface area contributed by atoms with E-state index in [9.17, 15) is 4.39 Å². The second-order valence-electron chi connectivity index (χ2n) is 3.21. The first kappa shape index (κ1) is 10.9. The van der Waals surface area contributed by atoms with Gasteiger partial charge in [0, 0.05) is 18.0 Å². The number of aromatic nitrogens is 1. The third-order valence-corrected chi connectivity index (χ3v) is 2.48. The predicted molar refractivity (Wildman–Crippen MR) is 61.2 cm³/mol. The highest BCUT2D eigenvalue weighted by molar-refractivity contribution is 6.32. The van der Waals surface area contributed by atoms with Crippen molar-refractivity contribution in [2.45, 2.75) is 0 Å². The van der Waals surface area contributed by atoms with E-state index in [1.807, 2.05) is 0 Å². The molecule has 0 aliphatic rings. The number of halogens is 2. The first-order valence-electron chi connectivity index (χ1n) is 4.66. The van der Waals surface area contributed by atoms with E-state index in [1.165, 1.54) is 25.4 Å². The van der Waals surface area contributed by atoms with Crippen molar-refractivity contribution in [2.24, 2.45) is 0 Å². The van der Waals surface area contributed by atoms with Gasteiger partial charge in [0.1, 0.15) is 16.6 Å². The molecule has 82 valence electrons. The van der Waals surface area contributed by atoms with Crippen molar-refractivity contribution in [3.63, 3.8) is 0 Å². The van der Waals surface area contributed by atoms with Crippen LogP contribution in [-0.4, -0.2) is 12.1 Å². The van der Waals surface area contributed by atoms with Gasteiger partial charge in [-0.25, -0.2) is 4.39 Å². The van der Waals surface area contributed by atoms with E-state index in [-0.39, 0.29) is 5.82 Å². The lowest BCUT2D eigenvalue weighted by molar-refractivity contribution is 0.416. The Bertz CT molecular complexity index is 499. The fraction of sp³-hybridized carbons (Fsp3) is 0.0833. The molecule has 16 heavy (non-hydrogen) atoms. The van der Waals surface area contributed by atoms with Crippen LogP contribution in [0.5, 0.6) is 5.75 Å². The maximum absolute atomic E-state index is 12.8. The number of benzene rings is 1. The second-order valence-corrected chi connectivity index (χ2v) is 3.62. The summed E-state index contributed by atoms with van der Waals surface area (Å²) in [7, 11) is 1.54. The summed E-state index contributed by atoms with van der Waals surface area (Å²) < 4.78 is 18.0. The van der Waals surface area contributed by atoms with Crippen LogP contribution in [0.25, 0.3) is 11.1 Å². The zero-order chi connectivity index (χ0) is 11.5. The Morgan fingerprint density at radius 3 is 2.50 bits per heavy atom. The smallest absolute Gasteiger partial charge is 0.148 e. The Morgan fingerprint density at radius 1 is 1.19 bits per heavy atom. The van der Waals surface area contributed by atoms with Crippen molar-refractivity contribution >= 4 is 11.6 Å². The fourth-order valence-corrected chi connectivity index (χ4v) is 1.70. The molecule has 0 fully saturated rings. The Hall–Kier alpha value is -1.61. The van der Waals surface area contributed by atoms with Gasteiger partial charge in [-0.05, 0) is 17.7 Å². The first-order chi connectivity index (χ1) is 7.72. The van der Waals surface area contributed by atoms with Crippen LogP contribution in [0.4, 0.5) is 4.39 Å². The molecule has 4 heteroatoms. The van der Waals surface area contributed by atoms with Gasteiger partial charge < -0.3 is 4.74 Å². The van der Waals surface area contributed by atoms with E-state index in [4.69, 9.17) is 16.3 Å². The average molecular weight is 238 g/mol. The largest absolute Gasteiger partial charge is 0.494 e. The van der Waals surface area contributed by atoms with E-state index in [2.05, 4.69) is 4.98 Å². The Balaban J connectivity index is 2.55. The van der Waals surface area contributed by atoms with Crippen LogP contribution in [0.2, 0.25) is 5.02 Å². The van der Waals surface area contributed by atoms with Crippen LogP contribution in [-0.2, 0) is 0 Å². The number of pyridine rings is 1. The van der Waals surface area contributed by atoms with Gasteiger partial charge >= 0.3 is 0 Å². The van der Waals surface area contributed by atoms with E-state index in [0.29, 0.717) is 10.8 Å². The summed E-state index contributed by atoms with van der Waals surface area (Å²) in [5.41, 5.74) is 1.56. The Kier molecular flexibility index (Phi) is 3.06. The third kappa shape index (κ3) is 1.99. The van der Waals surface area contributed by atoms with E-state index in [1.54, 1.807) is 18.3 Å². The summed E-state index contributed by atoms with van der Waals surface area (Å²) in [5, 5.41) is 0.435. The molecule has 0 aliphatic heterocycles. The summed E-state index contributed by atoms with van der Waals surface area (Å²) in [6.45, 7) is 0. The second kappa shape index (κ2) is 4.49. The third-order valence-electron chi connectivity index (χ3n) is 2.21. The monoisotopic (exact) mass is 237 g/mol. The lowest BCUT2D eigenvalue weighted by Crippen LogP contribution is -1.90. The van der Waals surface area contributed by atoms with Crippen molar-refractivity contribution in [1.29, 1.82) is 0 Å². The molecule has 2 rings (SSSR count). The van der Waals surface area contributed by atoms with Gasteiger partial charge in [0.2, 0.25) is 0 Å². The molecule has 0 unspecified atom stereocenters. The summed E-state index contributed by atoms with van der Waals surface area (Å²) in [4.78, 5) is 3.99. The van der Waals surface area contributed by atoms with Crippen molar-refractivity contribution in [1.82, 2.24) is 4.98 Å². The summed E-state index contributed by atoms with van der Waals surface area (Å²) >= 11 is 5.95. The van der Waals surface area contributed by atoms with Crippen LogP contribution in [0.15, 0.2) is 36.7 Å². The van der Waals surface area contributed by atoms with E-state index in [0.717, 1.165) is 11.1 Å². The Morgan fingerprint density at radius 2 is 1.88 bits per heavy atom. The van der Waals surface area contributed by atoms with Gasteiger partial charge in [-0.3, -0.25) is 4.98 Å². The molecular formula is C12H9ClFNO. The minimum atomic E-state index is -0.280. The molecule has 1 heterocycles. The topological polar surface area (TPSA) is 22.1 Å². The number of hydrogen-bond acceptors (Lipinski definition) is 2. The van der Waals surface area contributed by atoms with E-state index >= 15 is 0 Å². The van der Waals surface area contributed by atoms with Gasteiger partial charge in [0.25, 0.3) is 0 Å². The highest BCUT2D eigenvalue weighted by Gasteiger charge is 2.09. The minimum Gasteiger partial charge on any atom is -0.494 e. The molecule has 0 amide bonds. The molecule has 0 radical (unpaired) electrons. The predicted octanol–water partition coefficient (Wildman–Crippen LogP) is 3.55. The molecule has 1 aromatic carbocycles. The Labute approximate surface area is 97.7 Å². The van der Waals surface area contributed by atoms with Gasteiger partial charge in [0.15, 0.2) is 0 Å².